The van der Waals surface area contributed by atoms with Crippen LogP contribution in [0.1, 0.15) is 16.2 Å². The third kappa shape index (κ3) is 4.26. The topological polar surface area (TPSA) is 112 Å². The first-order valence-corrected chi connectivity index (χ1v) is 11.2. The van der Waals surface area contributed by atoms with E-state index in [0.29, 0.717) is 0 Å². The van der Waals surface area contributed by atoms with Gasteiger partial charge in [-0.05, 0) is 29.6 Å². The van der Waals surface area contributed by atoms with Gasteiger partial charge in [-0.15, -0.1) is 0 Å². The molecule has 3 heterocycles. The van der Waals surface area contributed by atoms with E-state index >= 15 is 0 Å². The van der Waals surface area contributed by atoms with Gasteiger partial charge in [0, 0.05) is 18.5 Å². The minimum Gasteiger partial charge on any atom is -0.454 e. The maximum Gasteiger partial charge on any atom is 0.341 e. The summed E-state index contributed by atoms with van der Waals surface area (Å²) in [6, 6.07) is 4.80. The number of benzene rings is 1. The molecule has 0 saturated carbocycles. The number of aromatic nitrogens is 2. The predicted octanol–water partition coefficient (Wildman–Crippen LogP) is 2.32. The summed E-state index contributed by atoms with van der Waals surface area (Å²) in [5, 5.41) is 7.38. The second kappa shape index (κ2) is 8.60. The van der Waals surface area contributed by atoms with Crippen molar-refractivity contribution in [3.8, 4) is 11.5 Å². The van der Waals surface area contributed by atoms with Crippen molar-refractivity contribution in [3.05, 3.63) is 52.2 Å². The molecule has 0 atom stereocenters. The Morgan fingerprint density at radius 1 is 1.27 bits per heavy atom. The Morgan fingerprint density at radius 3 is 2.80 bits per heavy atom. The molecule has 0 spiro atoms. The number of ether oxygens (including phenoxy) is 2. The van der Waals surface area contributed by atoms with Crippen molar-refractivity contribution in [1.82, 2.24) is 14.4 Å². The molecule has 30 heavy (non-hydrogen) atoms. The lowest BCUT2D eigenvalue weighted by Crippen LogP contribution is -2.40. The molecule has 0 amide bonds. The molecule has 0 aliphatic carbocycles. The Hall–Kier alpha value is -2.67. The van der Waals surface area contributed by atoms with Gasteiger partial charge >= 0.3 is 5.97 Å². The fourth-order valence-electron chi connectivity index (χ4n) is 2.78. The van der Waals surface area contributed by atoms with E-state index in [4.69, 9.17) is 14.0 Å². The number of rotatable bonds is 6. The number of nitrogens with zero attached hydrogens (tertiary/aromatic N) is 3. The van der Waals surface area contributed by atoms with Gasteiger partial charge in [-0.25, -0.2) is 17.6 Å². The van der Waals surface area contributed by atoms with Crippen LogP contribution in [-0.4, -0.2) is 55.1 Å². The normalized spacial score (nSPS) is 15.2. The van der Waals surface area contributed by atoms with Gasteiger partial charge in [-0.2, -0.15) is 20.6 Å². The van der Waals surface area contributed by atoms with Crippen LogP contribution in [0.4, 0.5) is 4.39 Å². The first kappa shape index (κ1) is 20.6. The molecule has 4 rings (SSSR count). The van der Waals surface area contributed by atoms with E-state index in [1.807, 2.05) is 10.8 Å². The second-order valence-electron chi connectivity index (χ2n) is 6.26. The maximum absolute atomic E-state index is 14.2. The Bertz CT molecular complexity index is 1140. The molecule has 1 aromatic carbocycles. The van der Waals surface area contributed by atoms with Crippen LogP contribution >= 0.6 is 11.3 Å². The summed E-state index contributed by atoms with van der Waals surface area (Å²) in [6.45, 7) is 0.556. The number of thiophene rings is 1. The van der Waals surface area contributed by atoms with E-state index in [1.165, 1.54) is 15.6 Å². The van der Waals surface area contributed by atoms with E-state index in [-0.39, 0.29) is 49.5 Å². The van der Waals surface area contributed by atoms with Gasteiger partial charge in [-0.1, -0.05) is 5.16 Å². The highest BCUT2D eigenvalue weighted by Gasteiger charge is 2.28. The number of halogens is 1. The molecule has 0 radical (unpaired) electrons. The smallest absolute Gasteiger partial charge is 0.341 e. The van der Waals surface area contributed by atoms with E-state index < -0.39 is 27.4 Å². The number of esters is 1. The quantitative estimate of drug-likeness (QED) is 0.523. The molecular weight excluding hydrogens is 437 g/mol. The zero-order chi connectivity index (χ0) is 21.1. The summed E-state index contributed by atoms with van der Waals surface area (Å²) in [7, 11) is -3.88. The number of carbonyl (C=O) groups is 1. The predicted molar refractivity (Wildman–Crippen MR) is 103 cm³/mol. The summed E-state index contributed by atoms with van der Waals surface area (Å²) in [5.41, 5.74) is 0.239. The Labute approximate surface area is 175 Å². The van der Waals surface area contributed by atoms with Crippen molar-refractivity contribution in [2.24, 2.45) is 0 Å². The van der Waals surface area contributed by atoms with Crippen LogP contribution in [0.2, 0.25) is 0 Å². The van der Waals surface area contributed by atoms with E-state index in [0.717, 1.165) is 23.8 Å². The van der Waals surface area contributed by atoms with E-state index in [2.05, 4.69) is 10.1 Å². The molecule has 1 fully saturated rings. The van der Waals surface area contributed by atoms with Crippen molar-refractivity contribution in [2.75, 3.05) is 26.3 Å². The minimum absolute atomic E-state index is 0.0991. The lowest BCUT2D eigenvalue weighted by atomic mass is 10.2. The largest absolute Gasteiger partial charge is 0.454 e. The molecule has 12 heteroatoms. The van der Waals surface area contributed by atoms with E-state index in [1.54, 1.807) is 6.07 Å². The lowest BCUT2D eigenvalue weighted by Gasteiger charge is -2.26. The SMILES string of the molecule is O=C(OCc1noc(-c2ccsc2)n1)c1cc(S(=O)(=O)N2CCOCC2)ccc1F. The van der Waals surface area contributed by atoms with Gasteiger partial charge in [-0.3, -0.25) is 0 Å². The van der Waals surface area contributed by atoms with Crippen molar-refractivity contribution < 1.29 is 31.6 Å². The molecule has 3 aromatic rings. The molecule has 158 valence electrons. The van der Waals surface area contributed by atoms with Crippen LogP contribution in [0.25, 0.3) is 11.5 Å². The zero-order valence-corrected chi connectivity index (χ0v) is 17.1. The van der Waals surface area contributed by atoms with Gasteiger partial charge in [0.15, 0.2) is 6.61 Å². The summed E-state index contributed by atoms with van der Waals surface area (Å²) < 4.78 is 56.2. The van der Waals surface area contributed by atoms with Crippen molar-refractivity contribution in [3.63, 3.8) is 0 Å². The van der Waals surface area contributed by atoms with Crippen LogP contribution in [0, 0.1) is 5.82 Å². The summed E-state index contributed by atoms with van der Waals surface area (Å²) in [5.74, 6) is -1.56. The van der Waals surface area contributed by atoms with Crippen molar-refractivity contribution >= 4 is 27.3 Å². The number of morpholine rings is 1. The summed E-state index contributed by atoms with van der Waals surface area (Å²) >= 11 is 1.46. The number of carbonyl (C=O) groups excluding carboxylic acids is 1. The van der Waals surface area contributed by atoms with Gasteiger partial charge in [0.1, 0.15) is 5.82 Å². The van der Waals surface area contributed by atoms with Crippen LogP contribution in [-0.2, 0) is 26.1 Å². The van der Waals surface area contributed by atoms with Crippen LogP contribution in [0.5, 0.6) is 0 Å². The van der Waals surface area contributed by atoms with Crippen LogP contribution in [0.3, 0.4) is 0 Å². The molecule has 0 N–H and O–H groups in total. The molecule has 9 nitrogen and oxygen atoms in total. The number of sulfonamides is 1. The lowest BCUT2D eigenvalue weighted by molar-refractivity contribution is 0.0454. The summed E-state index contributed by atoms with van der Waals surface area (Å²) in [6.07, 6.45) is 0. The number of hydrogen-bond donors (Lipinski definition) is 0. The highest BCUT2D eigenvalue weighted by atomic mass is 32.2. The molecule has 2 aromatic heterocycles. The molecule has 0 bridgehead atoms. The van der Waals surface area contributed by atoms with Gasteiger partial charge < -0.3 is 14.0 Å². The highest BCUT2D eigenvalue weighted by Crippen LogP contribution is 2.22. The third-order valence-corrected chi connectivity index (χ3v) is 6.91. The van der Waals surface area contributed by atoms with Gasteiger partial charge in [0.25, 0.3) is 5.89 Å². The maximum atomic E-state index is 14.2. The van der Waals surface area contributed by atoms with Gasteiger partial charge in [0.05, 0.1) is 29.2 Å². The fraction of sp³-hybridized carbons (Fsp3) is 0.278. The second-order valence-corrected chi connectivity index (χ2v) is 8.98. The average molecular weight is 453 g/mol. The van der Waals surface area contributed by atoms with Crippen LogP contribution < -0.4 is 0 Å². The average Bonchev–Trinajstić information content (AvgIpc) is 3.45. The van der Waals surface area contributed by atoms with Crippen LogP contribution in [0.15, 0.2) is 44.4 Å². The minimum atomic E-state index is -3.88. The third-order valence-electron chi connectivity index (χ3n) is 4.33. The Balaban J connectivity index is 1.48. The Kier molecular flexibility index (Phi) is 5.90. The zero-order valence-electron chi connectivity index (χ0n) is 15.5. The highest BCUT2D eigenvalue weighted by molar-refractivity contribution is 7.89. The number of hydrogen-bond acceptors (Lipinski definition) is 9. The molecule has 1 aliphatic heterocycles. The fourth-order valence-corrected chi connectivity index (χ4v) is 4.85. The molecule has 1 saturated heterocycles. The first-order chi connectivity index (χ1) is 14.4. The van der Waals surface area contributed by atoms with Crippen molar-refractivity contribution in [1.29, 1.82) is 0 Å². The Morgan fingerprint density at radius 2 is 2.07 bits per heavy atom. The van der Waals surface area contributed by atoms with Crippen molar-refractivity contribution in [2.45, 2.75) is 11.5 Å². The molecule has 1 aliphatic rings. The molecular formula is C18H16FN3O6S2. The first-order valence-electron chi connectivity index (χ1n) is 8.85. The monoisotopic (exact) mass is 453 g/mol. The summed E-state index contributed by atoms with van der Waals surface area (Å²) in [4.78, 5) is 16.3. The standard InChI is InChI=1S/C18H16FN3O6S2/c19-15-2-1-13(30(24,25)22-4-6-26-7-5-22)9-14(15)18(23)27-10-16-20-17(28-21-16)12-3-8-29-11-12/h1-3,8-9,11H,4-7,10H2. The molecule has 0 unspecified atom stereocenters. The van der Waals surface area contributed by atoms with Gasteiger partial charge in [0.2, 0.25) is 15.8 Å². The van der Waals surface area contributed by atoms with E-state index in [9.17, 15) is 17.6 Å².